The molecule has 2 aromatic heterocycles. The van der Waals surface area contributed by atoms with Crippen molar-refractivity contribution in [2.75, 3.05) is 6.54 Å². The summed E-state index contributed by atoms with van der Waals surface area (Å²) in [6.45, 7) is 8.37. The van der Waals surface area contributed by atoms with Crippen LogP contribution < -0.4 is 5.32 Å². The third-order valence-corrected chi connectivity index (χ3v) is 3.63. The molecule has 0 aliphatic heterocycles. The molecule has 0 amide bonds. The molecule has 1 unspecified atom stereocenters. The molecule has 0 aliphatic carbocycles. The van der Waals surface area contributed by atoms with Crippen LogP contribution in [-0.4, -0.2) is 21.3 Å². The summed E-state index contributed by atoms with van der Waals surface area (Å²) < 4.78 is 7.60. The SMILES string of the molecule is CCCNC(Cc1ncnn1CCC)c1ccoc1CC. The Morgan fingerprint density at radius 1 is 1.29 bits per heavy atom. The fourth-order valence-corrected chi connectivity index (χ4v) is 2.59. The predicted octanol–water partition coefficient (Wildman–Crippen LogP) is 3.13. The summed E-state index contributed by atoms with van der Waals surface area (Å²) in [5.74, 6) is 2.10. The van der Waals surface area contributed by atoms with Crippen LogP contribution in [0.5, 0.6) is 0 Å². The van der Waals surface area contributed by atoms with Gasteiger partial charge in [0, 0.05) is 31.0 Å². The van der Waals surface area contributed by atoms with Gasteiger partial charge in [0.05, 0.1) is 6.26 Å². The molecule has 2 rings (SSSR count). The highest BCUT2D eigenvalue weighted by Crippen LogP contribution is 2.23. The average Bonchev–Trinajstić information content (AvgIpc) is 3.13. The maximum absolute atomic E-state index is 5.59. The van der Waals surface area contributed by atoms with E-state index in [2.05, 4.69) is 42.2 Å². The van der Waals surface area contributed by atoms with Crippen LogP contribution in [0.1, 0.15) is 56.8 Å². The van der Waals surface area contributed by atoms with Crippen molar-refractivity contribution in [2.45, 2.75) is 59.0 Å². The third-order valence-electron chi connectivity index (χ3n) is 3.63. The topological polar surface area (TPSA) is 55.9 Å². The molecule has 2 heterocycles. The van der Waals surface area contributed by atoms with Crippen LogP contribution in [0.25, 0.3) is 0 Å². The van der Waals surface area contributed by atoms with Gasteiger partial charge >= 0.3 is 0 Å². The summed E-state index contributed by atoms with van der Waals surface area (Å²) in [6, 6.07) is 2.31. The zero-order valence-corrected chi connectivity index (χ0v) is 13.3. The van der Waals surface area contributed by atoms with Crippen LogP contribution in [0.2, 0.25) is 0 Å². The van der Waals surface area contributed by atoms with Gasteiger partial charge in [0.15, 0.2) is 0 Å². The summed E-state index contributed by atoms with van der Waals surface area (Å²) in [6.07, 6.45) is 7.36. The normalized spacial score (nSPS) is 12.7. The van der Waals surface area contributed by atoms with Crippen molar-refractivity contribution < 1.29 is 4.42 Å². The molecule has 0 radical (unpaired) electrons. The van der Waals surface area contributed by atoms with Crippen LogP contribution in [0, 0.1) is 0 Å². The van der Waals surface area contributed by atoms with Crippen molar-refractivity contribution in [3.05, 3.63) is 35.8 Å². The van der Waals surface area contributed by atoms with Crippen molar-refractivity contribution in [1.29, 1.82) is 0 Å². The fraction of sp³-hybridized carbons (Fsp3) is 0.625. The summed E-state index contributed by atoms with van der Waals surface area (Å²) in [5, 5.41) is 7.93. The Balaban J connectivity index is 2.18. The van der Waals surface area contributed by atoms with E-state index in [1.54, 1.807) is 12.6 Å². The lowest BCUT2D eigenvalue weighted by molar-refractivity contribution is 0.465. The van der Waals surface area contributed by atoms with Gasteiger partial charge in [-0.2, -0.15) is 5.10 Å². The molecular formula is C16H26N4O. The summed E-state index contributed by atoms with van der Waals surface area (Å²) in [7, 11) is 0. The summed E-state index contributed by atoms with van der Waals surface area (Å²) >= 11 is 0. The van der Waals surface area contributed by atoms with Crippen molar-refractivity contribution in [1.82, 2.24) is 20.1 Å². The van der Waals surface area contributed by atoms with E-state index in [4.69, 9.17) is 4.42 Å². The van der Waals surface area contributed by atoms with E-state index in [9.17, 15) is 0 Å². The van der Waals surface area contributed by atoms with Gasteiger partial charge in [0.2, 0.25) is 0 Å². The first kappa shape index (κ1) is 15.8. The van der Waals surface area contributed by atoms with Crippen molar-refractivity contribution in [3.8, 4) is 0 Å². The standard InChI is InChI=1S/C16H26N4O/c1-4-8-17-14(13-7-10-21-15(13)6-3)11-16-18-12-19-20(16)9-5-2/h7,10,12,14,17H,4-6,8-9,11H2,1-3H3. The van der Waals surface area contributed by atoms with E-state index in [1.165, 1.54) is 5.56 Å². The molecule has 0 fully saturated rings. The van der Waals surface area contributed by atoms with Gasteiger partial charge in [0.1, 0.15) is 17.9 Å². The van der Waals surface area contributed by atoms with E-state index in [0.29, 0.717) is 0 Å². The largest absolute Gasteiger partial charge is 0.469 e. The number of nitrogens with one attached hydrogen (secondary N) is 1. The van der Waals surface area contributed by atoms with Gasteiger partial charge in [-0.3, -0.25) is 4.68 Å². The van der Waals surface area contributed by atoms with Crippen molar-refractivity contribution in [2.24, 2.45) is 0 Å². The lowest BCUT2D eigenvalue weighted by Gasteiger charge is -2.18. The van der Waals surface area contributed by atoms with Gasteiger partial charge in [-0.05, 0) is 25.5 Å². The van der Waals surface area contributed by atoms with Crippen LogP contribution in [0.15, 0.2) is 23.1 Å². The first-order chi connectivity index (χ1) is 10.3. The lowest BCUT2D eigenvalue weighted by Crippen LogP contribution is -2.26. The molecule has 5 nitrogen and oxygen atoms in total. The number of aryl methyl sites for hydroxylation is 2. The first-order valence-electron chi connectivity index (χ1n) is 7.96. The minimum Gasteiger partial charge on any atom is -0.469 e. The fourth-order valence-electron chi connectivity index (χ4n) is 2.59. The molecule has 0 bridgehead atoms. The van der Waals surface area contributed by atoms with E-state index in [-0.39, 0.29) is 6.04 Å². The maximum atomic E-state index is 5.59. The van der Waals surface area contributed by atoms with Gasteiger partial charge in [-0.1, -0.05) is 20.8 Å². The molecule has 2 aromatic rings. The van der Waals surface area contributed by atoms with Crippen LogP contribution in [0.4, 0.5) is 0 Å². The third kappa shape index (κ3) is 3.94. The lowest BCUT2D eigenvalue weighted by atomic mass is 10.0. The number of furan rings is 1. The van der Waals surface area contributed by atoms with Gasteiger partial charge in [0.25, 0.3) is 0 Å². The second kappa shape index (κ2) is 7.98. The molecule has 116 valence electrons. The first-order valence-corrected chi connectivity index (χ1v) is 7.96. The monoisotopic (exact) mass is 290 g/mol. The van der Waals surface area contributed by atoms with E-state index in [1.807, 2.05) is 4.68 Å². The Hall–Kier alpha value is -1.62. The van der Waals surface area contributed by atoms with Crippen molar-refractivity contribution >= 4 is 0 Å². The minimum atomic E-state index is 0.235. The smallest absolute Gasteiger partial charge is 0.138 e. The molecule has 21 heavy (non-hydrogen) atoms. The van der Waals surface area contributed by atoms with Gasteiger partial charge in [-0.15, -0.1) is 0 Å². The Labute approximate surface area is 126 Å². The van der Waals surface area contributed by atoms with Gasteiger partial charge < -0.3 is 9.73 Å². The summed E-state index contributed by atoms with van der Waals surface area (Å²) in [4.78, 5) is 4.43. The van der Waals surface area contributed by atoms with Crippen LogP contribution >= 0.6 is 0 Å². The molecular weight excluding hydrogens is 264 g/mol. The van der Waals surface area contributed by atoms with Crippen LogP contribution in [-0.2, 0) is 19.4 Å². The van der Waals surface area contributed by atoms with E-state index in [0.717, 1.165) is 50.4 Å². The highest BCUT2D eigenvalue weighted by atomic mass is 16.3. The molecule has 0 spiro atoms. The second-order valence-electron chi connectivity index (χ2n) is 5.26. The Bertz CT molecular complexity index is 532. The number of hydrogen-bond acceptors (Lipinski definition) is 4. The van der Waals surface area contributed by atoms with Gasteiger partial charge in [-0.25, -0.2) is 4.98 Å². The highest BCUT2D eigenvalue weighted by molar-refractivity contribution is 5.22. The number of aromatic nitrogens is 3. The number of rotatable bonds is 9. The zero-order chi connectivity index (χ0) is 15.1. The molecule has 1 atom stereocenters. The minimum absolute atomic E-state index is 0.235. The molecule has 1 N–H and O–H groups in total. The number of nitrogens with zero attached hydrogens (tertiary/aromatic N) is 3. The zero-order valence-electron chi connectivity index (χ0n) is 13.3. The molecule has 0 saturated heterocycles. The Kier molecular flexibility index (Phi) is 5.99. The second-order valence-corrected chi connectivity index (χ2v) is 5.26. The predicted molar refractivity (Wildman–Crippen MR) is 83.1 cm³/mol. The van der Waals surface area contributed by atoms with E-state index < -0.39 is 0 Å². The molecule has 5 heteroatoms. The molecule has 0 saturated carbocycles. The Morgan fingerprint density at radius 3 is 2.86 bits per heavy atom. The molecule has 0 aliphatic rings. The van der Waals surface area contributed by atoms with Crippen molar-refractivity contribution in [3.63, 3.8) is 0 Å². The quantitative estimate of drug-likeness (QED) is 0.771. The molecule has 0 aromatic carbocycles. The van der Waals surface area contributed by atoms with Crippen LogP contribution in [0.3, 0.4) is 0 Å². The Morgan fingerprint density at radius 2 is 2.14 bits per heavy atom. The van der Waals surface area contributed by atoms with E-state index >= 15 is 0 Å². The maximum Gasteiger partial charge on any atom is 0.138 e. The highest BCUT2D eigenvalue weighted by Gasteiger charge is 2.19. The average molecular weight is 290 g/mol. The summed E-state index contributed by atoms with van der Waals surface area (Å²) in [5.41, 5.74) is 1.25. The number of hydrogen-bond donors (Lipinski definition) is 1.